The maximum absolute atomic E-state index is 12.8. The Morgan fingerprint density at radius 3 is 2.84 bits per heavy atom. The number of hydrogen-bond donors (Lipinski definition) is 1. The number of carbonyl (C=O) groups excluding carboxylic acids is 2. The van der Waals surface area contributed by atoms with Crippen molar-refractivity contribution in [3.63, 3.8) is 0 Å². The molecule has 1 N–H and O–H groups in total. The molecule has 4 rings (SSSR count). The fraction of sp³-hybridized carbons (Fsp3) is 0.522. The van der Waals surface area contributed by atoms with E-state index < -0.39 is 0 Å². The SMILES string of the molecule is COc1ccc(CCN2C[C@H](C(=O)Nc3nc4c(s3)C[C@H](C)CC4)CC2=O)cc1OC. The molecule has 1 saturated heterocycles. The third-order valence-corrected chi connectivity index (χ3v) is 7.16. The molecule has 166 valence electrons. The first-order chi connectivity index (χ1) is 15.0. The summed E-state index contributed by atoms with van der Waals surface area (Å²) in [4.78, 5) is 32.9. The zero-order valence-electron chi connectivity index (χ0n) is 18.3. The standard InChI is InChI=1S/C23H29N3O4S/c1-14-4-6-17-20(10-14)31-23(24-17)25-22(28)16-12-21(27)26(13-16)9-8-15-5-7-18(29-2)19(11-15)30-3/h5,7,11,14,16H,4,6,8-10,12-13H2,1-3H3,(H,24,25,28)/t14-,16-/m1/s1. The Morgan fingerprint density at radius 2 is 2.06 bits per heavy atom. The monoisotopic (exact) mass is 443 g/mol. The number of nitrogens with zero attached hydrogens (tertiary/aromatic N) is 2. The van der Waals surface area contributed by atoms with Gasteiger partial charge < -0.3 is 19.7 Å². The molecule has 1 fully saturated rings. The van der Waals surface area contributed by atoms with Gasteiger partial charge in [-0.3, -0.25) is 9.59 Å². The molecule has 7 nitrogen and oxygen atoms in total. The molecule has 2 aliphatic rings. The van der Waals surface area contributed by atoms with Gasteiger partial charge in [0, 0.05) is 24.4 Å². The van der Waals surface area contributed by atoms with Gasteiger partial charge in [-0.1, -0.05) is 13.0 Å². The number of thiazole rings is 1. The van der Waals surface area contributed by atoms with E-state index in [4.69, 9.17) is 9.47 Å². The Hall–Kier alpha value is -2.61. The number of fused-ring (bicyclic) bond motifs is 1. The predicted molar refractivity (Wildman–Crippen MR) is 120 cm³/mol. The molecule has 2 amide bonds. The van der Waals surface area contributed by atoms with Gasteiger partial charge in [-0.25, -0.2) is 4.98 Å². The molecule has 1 aliphatic heterocycles. The van der Waals surface area contributed by atoms with Crippen molar-refractivity contribution in [2.45, 2.75) is 39.0 Å². The summed E-state index contributed by atoms with van der Waals surface area (Å²) in [5, 5.41) is 3.62. The minimum atomic E-state index is -0.335. The number of benzene rings is 1. The van der Waals surface area contributed by atoms with Crippen LogP contribution in [-0.4, -0.2) is 49.0 Å². The summed E-state index contributed by atoms with van der Waals surface area (Å²) in [7, 11) is 3.21. The van der Waals surface area contributed by atoms with Crippen LogP contribution in [-0.2, 0) is 28.9 Å². The van der Waals surface area contributed by atoms with Gasteiger partial charge in [0.2, 0.25) is 11.8 Å². The Labute approximate surface area is 186 Å². The Balaban J connectivity index is 1.32. The molecule has 31 heavy (non-hydrogen) atoms. The summed E-state index contributed by atoms with van der Waals surface area (Å²) >= 11 is 1.58. The number of methoxy groups -OCH3 is 2. The van der Waals surface area contributed by atoms with E-state index in [1.54, 1.807) is 30.5 Å². The van der Waals surface area contributed by atoms with E-state index in [-0.39, 0.29) is 24.2 Å². The second kappa shape index (κ2) is 9.26. The van der Waals surface area contributed by atoms with Crippen LogP contribution in [0.1, 0.15) is 35.9 Å². The first-order valence-electron chi connectivity index (χ1n) is 10.7. The molecule has 1 aromatic carbocycles. The Morgan fingerprint density at radius 1 is 1.26 bits per heavy atom. The van der Waals surface area contributed by atoms with Gasteiger partial charge in [-0.15, -0.1) is 11.3 Å². The second-order valence-electron chi connectivity index (χ2n) is 8.41. The lowest BCUT2D eigenvalue weighted by molar-refractivity contribution is -0.128. The molecule has 0 bridgehead atoms. The number of amides is 2. The molecule has 0 radical (unpaired) electrons. The lowest BCUT2D eigenvalue weighted by Crippen LogP contribution is -2.30. The summed E-state index contributed by atoms with van der Waals surface area (Å²) in [6.07, 6.45) is 4.11. The van der Waals surface area contributed by atoms with E-state index in [9.17, 15) is 9.59 Å². The van der Waals surface area contributed by atoms with Crippen LogP contribution in [0.15, 0.2) is 18.2 Å². The summed E-state index contributed by atoms with van der Waals surface area (Å²) in [5.41, 5.74) is 2.18. The highest BCUT2D eigenvalue weighted by atomic mass is 32.1. The van der Waals surface area contributed by atoms with E-state index in [1.807, 2.05) is 18.2 Å². The van der Waals surface area contributed by atoms with Gasteiger partial charge in [0.05, 0.1) is 25.8 Å². The summed E-state index contributed by atoms with van der Waals surface area (Å²) in [5.74, 6) is 1.60. The maximum Gasteiger partial charge on any atom is 0.231 e. The molecule has 1 aromatic heterocycles. The lowest BCUT2D eigenvalue weighted by Gasteiger charge is -2.17. The number of aromatic nitrogens is 1. The summed E-state index contributed by atoms with van der Waals surface area (Å²) in [6, 6.07) is 5.76. The van der Waals surface area contributed by atoms with Gasteiger partial charge in [0.25, 0.3) is 0 Å². The molecule has 0 saturated carbocycles. The van der Waals surface area contributed by atoms with E-state index in [0.29, 0.717) is 42.1 Å². The fourth-order valence-electron chi connectivity index (χ4n) is 4.26. The van der Waals surface area contributed by atoms with Crippen LogP contribution in [0, 0.1) is 11.8 Å². The van der Waals surface area contributed by atoms with Gasteiger partial charge in [-0.05, 0) is 49.3 Å². The van der Waals surface area contributed by atoms with Crippen LogP contribution >= 0.6 is 11.3 Å². The van der Waals surface area contributed by atoms with Crippen molar-refractivity contribution < 1.29 is 19.1 Å². The van der Waals surface area contributed by atoms with Crippen LogP contribution < -0.4 is 14.8 Å². The third kappa shape index (κ3) is 4.84. The molecular formula is C23H29N3O4S. The Bertz CT molecular complexity index is 974. The van der Waals surface area contributed by atoms with Crippen molar-refractivity contribution in [2.75, 3.05) is 32.6 Å². The minimum absolute atomic E-state index is 0.0212. The fourth-order valence-corrected chi connectivity index (χ4v) is 5.44. The smallest absolute Gasteiger partial charge is 0.231 e. The van der Waals surface area contributed by atoms with Crippen LogP contribution in [0.4, 0.5) is 5.13 Å². The quantitative estimate of drug-likeness (QED) is 0.710. The highest BCUT2D eigenvalue weighted by Gasteiger charge is 2.34. The number of hydrogen-bond acceptors (Lipinski definition) is 6. The van der Waals surface area contributed by atoms with Crippen molar-refractivity contribution >= 4 is 28.3 Å². The predicted octanol–water partition coefficient (Wildman–Crippen LogP) is 3.31. The number of carbonyl (C=O) groups is 2. The first-order valence-corrected chi connectivity index (χ1v) is 11.6. The average Bonchev–Trinajstić information content (AvgIpc) is 3.34. The van der Waals surface area contributed by atoms with Gasteiger partial charge in [-0.2, -0.15) is 0 Å². The van der Waals surface area contributed by atoms with E-state index >= 15 is 0 Å². The molecule has 0 unspecified atom stereocenters. The van der Waals surface area contributed by atoms with Crippen molar-refractivity contribution in [1.29, 1.82) is 0 Å². The van der Waals surface area contributed by atoms with Crippen molar-refractivity contribution in [2.24, 2.45) is 11.8 Å². The number of aryl methyl sites for hydroxylation is 1. The minimum Gasteiger partial charge on any atom is -0.493 e. The largest absolute Gasteiger partial charge is 0.493 e. The normalized spacial score (nSPS) is 20.5. The average molecular weight is 444 g/mol. The first kappa shape index (κ1) is 21.6. The van der Waals surface area contributed by atoms with Crippen LogP contribution in [0.5, 0.6) is 11.5 Å². The van der Waals surface area contributed by atoms with Crippen molar-refractivity contribution in [3.05, 3.63) is 34.3 Å². The Kier molecular flexibility index (Phi) is 6.46. The molecular weight excluding hydrogens is 414 g/mol. The summed E-state index contributed by atoms with van der Waals surface area (Å²) in [6.45, 7) is 3.27. The zero-order valence-corrected chi connectivity index (χ0v) is 19.1. The van der Waals surface area contributed by atoms with E-state index in [1.165, 1.54) is 4.88 Å². The second-order valence-corrected chi connectivity index (χ2v) is 9.49. The number of rotatable bonds is 7. The zero-order chi connectivity index (χ0) is 22.0. The van der Waals surface area contributed by atoms with E-state index in [2.05, 4.69) is 17.2 Å². The van der Waals surface area contributed by atoms with Gasteiger partial charge in [0.1, 0.15) is 0 Å². The van der Waals surface area contributed by atoms with Crippen LogP contribution in [0.2, 0.25) is 0 Å². The van der Waals surface area contributed by atoms with Crippen molar-refractivity contribution in [1.82, 2.24) is 9.88 Å². The number of nitrogens with one attached hydrogen (secondary N) is 1. The molecule has 2 atom stereocenters. The number of anilines is 1. The summed E-state index contributed by atoms with van der Waals surface area (Å²) < 4.78 is 10.6. The molecule has 0 spiro atoms. The molecule has 1 aliphatic carbocycles. The van der Waals surface area contributed by atoms with Crippen LogP contribution in [0.25, 0.3) is 0 Å². The molecule has 2 heterocycles. The third-order valence-electron chi connectivity index (χ3n) is 6.12. The molecule has 2 aromatic rings. The van der Waals surface area contributed by atoms with Crippen LogP contribution in [0.3, 0.4) is 0 Å². The topological polar surface area (TPSA) is 80.8 Å². The van der Waals surface area contributed by atoms with E-state index in [0.717, 1.165) is 30.5 Å². The number of ether oxygens (including phenoxy) is 2. The van der Waals surface area contributed by atoms with Crippen molar-refractivity contribution in [3.8, 4) is 11.5 Å². The van der Waals surface area contributed by atoms with Gasteiger partial charge >= 0.3 is 0 Å². The number of likely N-dealkylation sites (tertiary alicyclic amines) is 1. The lowest BCUT2D eigenvalue weighted by atomic mass is 9.93. The highest BCUT2D eigenvalue weighted by Crippen LogP contribution is 2.33. The highest BCUT2D eigenvalue weighted by molar-refractivity contribution is 7.15. The molecule has 8 heteroatoms. The van der Waals surface area contributed by atoms with Gasteiger partial charge in [0.15, 0.2) is 16.6 Å². The maximum atomic E-state index is 12.8.